The third kappa shape index (κ3) is 4.18. The third-order valence-corrected chi connectivity index (χ3v) is 9.32. The number of amidine groups is 2. The van der Waals surface area contributed by atoms with Crippen molar-refractivity contribution in [2.75, 3.05) is 0 Å². The maximum Gasteiger partial charge on any atom is 0.160 e. The fourth-order valence-corrected chi connectivity index (χ4v) is 7.09. The summed E-state index contributed by atoms with van der Waals surface area (Å²) in [4.78, 5) is 10.5. The molecule has 0 fully saturated rings. The van der Waals surface area contributed by atoms with Crippen LogP contribution in [-0.2, 0) is 0 Å². The second kappa shape index (κ2) is 10.5. The standard InChI is InChI=1S/C43H27N3O2/c1-3-13-26(14-4-1)41-44-42(27-15-5-2-6-16-27)46-43(45-41)35-23-28(24-38-39(35)32-20-10-12-22-37(32)47-38)33-25-34-30-18-9-11-21-36(30)48-40(34)31-19-8-7-17-29(31)33/h1-25,41H,(H,44,45,46). The van der Waals surface area contributed by atoms with E-state index in [-0.39, 0.29) is 6.17 Å². The van der Waals surface area contributed by atoms with Gasteiger partial charge in [0.05, 0.1) is 0 Å². The molecule has 0 saturated heterocycles. The van der Waals surface area contributed by atoms with Crippen LogP contribution in [-0.4, -0.2) is 11.7 Å². The minimum atomic E-state index is -0.319. The van der Waals surface area contributed by atoms with E-state index in [0.717, 1.165) is 88.3 Å². The molecule has 0 saturated carbocycles. The van der Waals surface area contributed by atoms with Crippen molar-refractivity contribution >= 4 is 66.3 Å². The van der Waals surface area contributed by atoms with Gasteiger partial charge in [0.1, 0.15) is 34.3 Å². The van der Waals surface area contributed by atoms with E-state index in [4.69, 9.17) is 18.8 Å². The number of rotatable bonds is 4. The van der Waals surface area contributed by atoms with E-state index in [1.807, 2.05) is 60.7 Å². The third-order valence-electron chi connectivity index (χ3n) is 9.32. The lowest BCUT2D eigenvalue weighted by Crippen LogP contribution is -2.33. The highest BCUT2D eigenvalue weighted by Crippen LogP contribution is 2.42. The fraction of sp³-hybridized carbons (Fsp3) is 0.0233. The molecule has 0 spiro atoms. The highest BCUT2D eigenvalue weighted by atomic mass is 16.3. The van der Waals surface area contributed by atoms with Crippen molar-refractivity contribution in [2.24, 2.45) is 9.98 Å². The molecule has 48 heavy (non-hydrogen) atoms. The van der Waals surface area contributed by atoms with Gasteiger partial charge >= 0.3 is 0 Å². The van der Waals surface area contributed by atoms with Crippen LogP contribution in [0.25, 0.3) is 65.8 Å². The number of fused-ring (bicyclic) bond motifs is 8. The van der Waals surface area contributed by atoms with Gasteiger partial charge in [0.2, 0.25) is 0 Å². The predicted octanol–water partition coefficient (Wildman–Crippen LogP) is 10.8. The van der Waals surface area contributed by atoms with Gasteiger partial charge in [-0.3, -0.25) is 0 Å². The van der Waals surface area contributed by atoms with E-state index >= 15 is 0 Å². The average molecular weight is 618 g/mol. The molecule has 1 aliphatic heterocycles. The summed E-state index contributed by atoms with van der Waals surface area (Å²) in [6.07, 6.45) is -0.319. The summed E-state index contributed by atoms with van der Waals surface area (Å²) < 4.78 is 13.0. The van der Waals surface area contributed by atoms with Crippen molar-refractivity contribution in [3.05, 3.63) is 168 Å². The molecule has 0 bridgehead atoms. The van der Waals surface area contributed by atoms with Crippen LogP contribution in [0, 0.1) is 0 Å². The number of benzene rings is 7. The van der Waals surface area contributed by atoms with Gasteiger partial charge in [0, 0.05) is 38.1 Å². The molecule has 3 heterocycles. The van der Waals surface area contributed by atoms with E-state index in [2.05, 4.69) is 96.3 Å². The predicted molar refractivity (Wildman–Crippen MR) is 196 cm³/mol. The van der Waals surface area contributed by atoms with Crippen LogP contribution in [0.4, 0.5) is 0 Å². The van der Waals surface area contributed by atoms with E-state index < -0.39 is 0 Å². The van der Waals surface area contributed by atoms with Gasteiger partial charge in [-0.1, -0.05) is 121 Å². The first kappa shape index (κ1) is 26.7. The Hall–Kier alpha value is -6.46. The zero-order chi connectivity index (χ0) is 31.6. The van der Waals surface area contributed by atoms with Crippen molar-refractivity contribution in [2.45, 2.75) is 6.17 Å². The monoisotopic (exact) mass is 617 g/mol. The fourth-order valence-electron chi connectivity index (χ4n) is 7.09. The lowest BCUT2D eigenvalue weighted by molar-refractivity contribution is 0.668. The van der Waals surface area contributed by atoms with Crippen molar-refractivity contribution < 1.29 is 8.83 Å². The topological polar surface area (TPSA) is 63.0 Å². The smallest absolute Gasteiger partial charge is 0.160 e. The van der Waals surface area contributed by atoms with Gasteiger partial charge in [-0.2, -0.15) is 0 Å². The molecule has 5 nitrogen and oxygen atoms in total. The Morgan fingerprint density at radius 3 is 1.92 bits per heavy atom. The van der Waals surface area contributed by atoms with Crippen LogP contribution in [0.15, 0.2) is 170 Å². The molecular weight excluding hydrogens is 590 g/mol. The zero-order valence-electron chi connectivity index (χ0n) is 25.7. The molecule has 10 rings (SSSR count). The molecular formula is C43H27N3O2. The number of para-hydroxylation sites is 2. The van der Waals surface area contributed by atoms with Crippen LogP contribution < -0.4 is 5.32 Å². The first-order valence-corrected chi connectivity index (χ1v) is 16.1. The second-order valence-corrected chi connectivity index (χ2v) is 12.2. The summed E-state index contributed by atoms with van der Waals surface area (Å²) >= 11 is 0. The maximum atomic E-state index is 6.59. The minimum absolute atomic E-state index is 0.319. The van der Waals surface area contributed by atoms with Gasteiger partial charge in [0.25, 0.3) is 0 Å². The van der Waals surface area contributed by atoms with Crippen molar-refractivity contribution in [3.8, 4) is 11.1 Å². The van der Waals surface area contributed by atoms with Crippen LogP contribution >= 0.6 is 0 Å². The molecule has 226 valence electrons. The molecule has 1 unspecified atom stereocenters. The van der Waals surface area contributed by atoms with Gasteiger partial charge in [-0.25, -0.2) is 9.98 Å². The summed E-state index contributed by atoms with van der Waals surface area (Å²) in [6, 6.07) is 52.1. The largest absolute Gasteiger partial charge is 0.456 e. The summed E-state index contributed by atoms with van der Waals surface area (Å²) in [6.45, 7) is 0. The number of nitrogens with one attached hydrogen (secondary N) is 1. The van der Waals surface area contributed by atoms with Gasteiger partial charge in [-0.05, 0) is 52.4 Å². The minimum Gasteiger partial charge on any atom is -0.456 e. The number of furan rings is 2. The summed E-state index contributed by atoms with van der Waals surface area (Å²) in [5, 5.41) is 9.98. The molecule has 0 aliphatic carbocycles. The number of nitrogens with zero attached hydrogens (tertiary/aromatic N) is 2. The molecule has 7 aromatic carbocycles. The molecule has 5 heteroatoms. The van der Waals surface area contributed by atoms with E-state index in [1.165, 1.54) is 0 Å². The Labute approximate surface area is 275 Å². The Bertz CT molecular complexity index is 2760. The van der Waals surface area contributed by atoms with Crippen molar-refractivity contribution in [1.29, 1.82) is 0 Å². The molecule has 9 aromatic rings. The van der Waals surface area contributed by atoms with Gasteiger partial charge in [-0.15, -0.1) is 0 Å². The normalized spacial score (nSPS) is 14.9. The summed E-state index contributed by atoms with van der Waals surface area (Å²) in [5.41, 5.74) is 8.48. The number of aliphatic imine (C=N–C) groups is 2. The van der Waals surface area contributed by atoms with Crippen LogP contribution in [0.2, 0.25) is 0 Å². The Morgan fingerprint density at radius 2 is 1.12 bits per heavy atom. The van der Waals surface area contributed by atoms with Crippen molar-refractivity contribution in [3.63, 3.8) is 0 Å². The SMILES string of the molecule is c1ccc(C2=NC(c3cc(-c4cc5c6ccccc6oc5c5ccccc45)cc4oc5ccccc5c34)=NC(c3ccccc3)N2)cc1. The van der Waals surface area contributed by atoms with E-state index in [9.17, 15) is 0 Å². The zero-order valence-corrected chi connectivity index (χ0v) is 25.7. The molecule has 1 aliphatic rings. The molecule has 1 N–H and O–H groups in total. The first-order chi connectivity index (χ1) is 23.8. The highest BCUT2D eigenvalue weighted by Gasteiger charge is 2.25. The summed E-state index contributed by atoms with van der Waals surface area (Å²) in [5.74, 6) is 1.43. The Morgan fingerprint density at radius 1 is 0.479 bits per heavy atom. The van der Waals surface area contributed by atoms with Crippen LogP contribution in [0.1, 0.15) is 22.9 Å². The second-order valence-electron chi connectivity index (χ2n) is 12.2. The van der Waals surface area contributed by atoms with Crippen LogP contribution in [0.3, 0.4) is 0 Å². The summed E-state index contributed by atoms with van der Waals surface area (Å²) in [7, 11) is 0. The Kier molecular flexibility index (Phi) is 5.87. The molecule has 2 aromatic heterocycles. The molecule has 0 amide bonds. The van der Waals surface area contributed by atoms with Gasteiger partial charge in [0.15, 0.2) is 5.84 Å². The van der Waals surface area contributed by atoms with Gasteiger partial charge < -0.3 is 14.2 Å². The lowest BCUT2D eigenvalue weighted by Gasteiger charge is -2.24. The van der Waals surface area contributed by atoms with E-state index in [0.29, 0.717) is 5.84 Å². The molecule has 1 atom stereocenters. The maximum absolute atomic E-state index is 6.59. The van der Waals surface area contributed by atoms with E-state index in [1.54, 1.807) is 0 Å². The lowest BCUT2D eigenvalue weighted by atomic mass is 9.92. The first-order valence-electron chi connectivity index (χ1n) is 16.1. The Balaban J connectivity index is 1.28. The van der Waals surface area contributed by atoms with Crippen LogP contribution in [0.5, 0.6) is 0 Å². The van der Waals surface area contributed by atoms with Crippen molar-refractivity contribution in [1.82, 2.24) is 5.32 Å². The average Bonchev–Trinajstić information content (AvgIpc) is 3.73. The number of hydrogen-bond acceptors (Lipinski definition) is 5. The number of hydrogen-bond donors (Lipinski definition) is 1. The quantitative estimate of drug-likeness (QED) is 0.214. The molecule has 0 radical (unpaired) electrons. The highest BCUT2D eigenvalue weighted by molar-refractivity contribution is 6.24.